The molecule has 0 fully saturated rings. The number of halogens is 6. The van der Waals surface area contributed by atoms with Crippen molar-refractivity contribution in [3.8, 4) is 0 Å². The van der Waals surface area contributed by atoms with Crippen molar-refractivity contribution < 1.29 is 26.3 Å². The van der Waals surface area contributed by atoms with E-state index in [0.29, 0.717) is 12.0 Å². The summed E-state index contributed by atoms with van der Waals surface area (Å²) in [5.41, 5.74) is -1.38. The maximum absolute atomic E-state index is 14.0. The number of benzene rings is 2. The van der Waals surface area contributed by atoms with Gasteiger partial charge in [-0.1, -0.05) is 65.0 Å². The maximum atomic E-state index is 14.0. The molecule has 0 spiro atoms. The molecule has 0 amide bonds. The minimum atomic E-state index is -4.52. The lowest BCUT2D eigenvalue weighted by Crippen LogP contribution is -2.29. The van der Waals surface area contributed by atoms with Crippen LogP contribution in [0.4, 0.5) is 26.3 Å². The second kappa shape index (κ2) is 8.04. The Morgan fingerprint density at radius 3 is 1.76 bits per heavy atom. The van der Waals surface area contributed by atoms with Gasteiger partial charge in [0.15, 0.2) is 0 Å². The molecule has 0 saturated heterocycles. The van der Waals surface area contributed by atoms with Crippen molar-refractivity contribution in [1.82, 2.24) is 0 Å². The van der Waals surface area contributed by atoms with Gasteiger partial charge in [-0.05, 0) is 52.5 Å². The Kier molecular flexibility index (Phi) is 6.46. The van der Waals surface area contributed by atoms with Crippen LogP contribution >= 0.6 is 0 Å². The average molecular weight is 416 g/mol. The molecule has 0 aliphatic heterocycles. The molecule has 1 unspecified atom stereocenters. The van der Waals surface area contributed by atoms with Gasteiger partial charge >= 0.3 is 12.4 Å². The van der Waals surface area contributed by atoms with E-state index in [-0.39, 0.29) is 17.0 Å². The van der Waals surface area contributed by atoms with Crippen LogP contribution in [0.25, 0.3) is 0 Å². The smallest absolute Gasteiger partial charge is 0.166 e. The molecule has 0 N–H and O–H groups in total. The molecular formula is C23H26F6. The SMILES string of the molecule is CC(C)Cc1cccc(C(C)(C)C(C)c2ccc(C(F)(F)F)cc2)c1C(F)(F)F. The van der Waals surface area contributed by atoms with Gasteiger partial charge in [-0.15, -0.1) is 0 Å². The molecular weight excluding hydrogens is 390 g/mol. The summed E-state index contributed by atoms with van der Waals surface area (Å²) in [6.45, 7) is 8.89. The molecule has 0 bridgehead atoms. The molecule has 0 aliphatic carbocycles. The lowest BCUT2D eigenvalue weighted by molar-refractivity contribution is -0.139. The largest absolute Gasteiger partial charge is 0.416 e. The van der Waals surface area contributed by atoms with Crippen LogP contribution in [0.15, 0.2) is 42.5 Å². The van der Waals surface area contributed by atoms with E-state index in [1.165, 1.54) is 24.3 Å². The third-order valence-corrected chi connectivity index (χ3v) is 5.58. The van der Waals surface area contributed by atoms with Crippen LogP contribution in [0.2, 0.25) is 0 Å². The van der Waals surface area contributed by atoms with E-state index in [9.17, 15) is 26.3 Å². The summed E-state index contributed by atoms with van der Waals surface area (Å²) < 4.78 is 80.5. The molecule has 0 saturated carbocycles. The van der Waals surface area contributed by atoms with Crippen molar-refractivity contribution >= 4 is 0 Å². The summed E-state index contributed by atoms with van der Waals surface area (Å²) in [6, 6.07) is 9.26. The van der Waals surface area contributed by atoms with Crippen molar-refractivity contribution in [2.75, 3.05) is 0 Å². The zero-order valence-electron chi connectivity index (χ0n) is 17.2. The van der Waals surface area contributed by atoms with Gasteiger partial charge in [0.1, 0.15) is 0 Å². The van der Waals surface area contributed by atoms with Crippen molar-refractivity contribution in [3.63, 3.8) is 0 Å². The molecule has 1 atom stereocenters. The predicted octanol–water partition coefficient (Wildman–Crippen LogP) is 8.00. The Morgan fingerprint density at radius 1 is 0.759 bits per heavy atom. The van der Waals surface area contributed by atoms with Gasteiger partial charge in [-0.3, -0.25) is 0 Å². The van der Waals surface area contributed by atoms with Gasteiger partial charge in [0.25, 0.3) is 0 Å². The highest BCUT2D eigenvalue weighted by Gasteiger charge is 2.42. The molecule has 29 heavy (non-hydrogen) atoms. The highest BCUT2D eigenvalue weighted by Crippen LogP contribution is 2.46. The van der Waals surface area contributed by atoms with E-state index >= 15 is 0 Å². The first kappa shape index (κ1) is 23.3. The van der Waals surface area contributed by atoms with Gasteiger partial charge in [0, 0.05) is 0 Å². The molecule has 0 aromatic heterocycles. The van der Waals surface area contributed by atoms with Crippen molar-refractivity contribution in [3.05, 3.63) is 70.3 Å². The summed E-state index contributed by atoms with van der Waals surface area (Å²) in [7, 11) is 0. The fraction of sp³-hybridized carbons (Fsp3) is 0.478. The predicted molar refractivity (Wildman–Crippen MR) is 103 cm³/mol. The number of hydrogen-bond donors (Lipinski definition) is 0. The fourth-order valence-corrected chi connectivity index (χ4v) is 3.69. The van der Waals surface area contributed by atoms with E-state index in [1.54, 1.807) is 26.8 Å². The van der Waals surface area contributed by atoms with Gasteiger partial charge in [0.05, 0.1) is 11.1 Å². The maximum Gasteiger partial charge on any atom is 0.416 e. The third-order valence-electron chi connectivity index (χ3n) is 5.58. The molecule has 2 rings (SSSR count). The summed E-state index contributed by atoms with van der Waals surface area (Å²) in [5.74, 6) is -0.373. The van der Waals surface area contributed by atoms with E-state index in [2.05, 4.69) is 0 Å². The second-order valence-corrected chi connectivity index (χ2v) is 8.50. The molecule has 2 aromatic rings. The van der Waals surface area contributed by atoms with Crippen LogP contribution < -0.4 is 0 Å². The Balaban J connectivity index is 2.54. The van der Waals surface area contributed by atoms with Crippen molar-refractivity contribution in [2.24, 2.45) is 5.92 Å². The van der Waals surface area contributed by atoms with Crippen LogP contribution in [-0.2, 0) is 24.2 Å². The Hall–Kier alpha value is -1.98. The number of hydrogen-bond acceptors (Lipinski definition) is 0. The minimum absolute atomic E-state index is 0.0572. The first-order valence-electron chi connectivity index (χ1n) is 9.52. The van der Waals surface area contributed by atoms with Crippen LogP contribution in [0.1, 0.15) is 68.4 Å². The first-order chi connectivity index (χ1) is 13.2. The summed E-state index contributed by atoms with van der Waals surface area (Å²) >= 11 is 0. The lowest BCUT2D eigenvalue weighted by Gasteiger charge is -2.36. The van der Waals surface area contributed by atoms with Crippen LogP contribution in [-0.4, -0.2) is 0 Å². The molecule has 0 nitrogen and oxygen atoms in total. The third kappa shape index (κ3) is 5.14. The van der Waals surface area contributed by atoms with Gasteiger partial charge < -0.3 is 0 Å². The van der Waals surface area contributed by atoms with Crippen molar-refractivity contribution in [1.29, 1.82) is 0 Å². The highest BCUT2D eigenvalue weighted by molar-refractivity contribution is 5.44. The highest BCUT2D eigenvalue weighted by atomic mass is 19.4. The van der Waals surface area contributed by atoms with Gasteiger partial charge in [-0.2, -0.15) is 26.3 Å². The van der Waals surface area contributed by atoms with E-state index in [4.69, 9.17) is 0 Å². The summed E-state index contributed by atoms with van der Waals surface area (Å²) in [5, 5.41) is 0. The molecule has 2 aromatic carbocycles. The van der Waals surface area contributed by atoms with Gasteiger partial charge in [-0.25, -0.2) is 0 Å². The lowest BCUT2D eigenvalue weighted by atomic mass is 9.69. The van der Waals surface area contributed by atoms with Crippen LogP contribution in [0.3, 0.4) is 0 Å². The number of alkyl halides is 6. The Labute approximate surface area is 167 Å². The van der Waals surface area contributed by atoms with Crippen LogP contribution in [0.5, 0.6) is 0 Å². The molecule has 0 heterocycles. The summed E-state index contributed by atoms with van der Waals surface area (Å²) in [6.07, 6.45) is -8.67. The quantitative estimate of drug-likeness (QED) is 0.433. The average Bonchev–Trinajstić information content (AvgIpc) is 2.58. The Morgan fingerprint density at radius 2 is 1.31 bits per heavy atom. The monoisotopic (exact) mass is 416 g/mol. The van der Waals surface area contributed by atoms with E-state index in [0.717, 1.165) is 12.1 Å². The van der Waals surface area contributed by atoms with Gasteiger partial charge in [0.2, 0.25) is 0 Å². The zero-order chi connectivity index (χ0) is 22.2. The zero-order valence-corrected chi connectivity index (χ0v) is 17.2. The van der Waals surface area contributed by atoms with Crippen molar-refractivity contribution in [2.45, 2.75) is 64.7 Å². The molecule has 6 heteroatoms. The van der Waals surface area contributed by atoms with Crippen LogP contribution in [0, 0.1) is 5.92 Å². The van der Waals surface area contributed by atoms with E-state index in [1.807, 2.05) is 13.8 Å². The fourth-order valence-electron chi connectivity index (χ4n) is 3.69. The normalized spacial score (nSPS) is 14.3. The molecule has 0 radical (unpaired) electrons. The minimum Gasteiger partial charge on any atom is -0.166 e. The molecule has 0 aliphatic rings. The number of rotatable bonds is 5. The topological polar surface area (TPSA) is 0 Å². The standard InChI is InChI=1S/C23H26F6/c1-14(2)13-17-7-6-8-19(20(17)23(27,28)29)21(4,5)15(3)16-9-11-18(12-10-16)22(24,25)26/h6-12,14-15H,13H2,1-5H3. The Bertz CT molecular complexity index is 826. The van der Waals surface area contributed by atoms with E-state index < -0.39 is 34.8 Å². The summed E-state index contributed by atoms with van der Waals surface area (Å²) in [4.78, 5) is 0. The second-order valence-electron chi connectivity index (χ2n) is 8.50. The molecule has 160 valence electrons. The first-order valence-corrected chi connectivity index (χ1v) is 9.52.